The first-order chi connectivity index (χ1) is 17.5. The van der Waals surface area contributed by atoms with Gasteiger partial charge in [0.1, 0.15) is 5.54 Å². The lowest BCUT2D eigenvalue weighted by Crippen LogP contribution is -3.08. The number of ether oxygens (including phenoxy) is 1. The van der Waals surface area contributed by atoms with Gasteiger partial charge in [0.05, 0.1) is 19.3 Å². The van der Waals surface area contributed by atoms with Crippen LogP contribution >= 0.6 is 0 Å². The van der Waals surface area contributed by atoms with Crippen molar-refractivity contribution in [1.82, 2.24) is 10.6 Å². The van der Waals surface area contributed by atoms with Gasteiger partial charge in [-0.3, -0.25) is 10.1 Å². The van der Waals surface area contributed by atoms with E-state index in [4.69, 9.17) is 4.74 Å². The zero-order valence-electron chi connectivity index (χ0n) is 20.7. The lowest BCUT2D eigenvalue weighted by molar-refractivity contribution is -0.446. The van der Waals surface area contributed by atoms with Gasteiger partial charge >= 0.3 is 5.97 Å². The van der Waals surface area contributed by atoms with Crippen molar-refractivity contribution in [3.8, 4) is 11.1 Å². The van der Waals surface area contributed by atoms with Crippen LogP contribution in [0, 0.1) is 29.1 Å². The third kappa shape index (κ3) is 2.58. The molecule has 5 aliphatic rings. The summed E-state index contributed by atoms with van der Waals surface area (Å²) in [5.74, 6) is 1.50. The summed E-state index contributed by atoms with van der Waals surface area (Å²) in [5.41, 5.74) is 3.67. The van der Waals surface area contributed by atoms with Gasteiger partial charge in [-0.25, -0.2) is 4.79 Å². The van der Waals surface area contributed by atoms with Gasteiger partial charge in [0.15, 0.2) is 0 Å². The summed E-state index contributed by atoms with van der Waals surface area (Å²) >= 11 is 0. The molecular formula is C29H33N3O4. The average molecular weight is 488 g/mol. The summed E-state index contributed by atoms with van der Waals surface area (Å²) in [4.78, 5) is 26.0. The quantitative estimate of drug-likeness (QED) is 0.468. The van der Waals surface area contributed by atoms with E-state index in [0.717, 1.165) is 37.1 Å². The topological polar surface area (TPSA) is 99.7 Å². The number of aliphatic hydroxyl groups excluding tert-OH is 1. The number of fused-ring (bicyclic) bond motifs is 2. The first-order valence-corrected chi connectivity index (χ1v) is 13.2. The molecule has 7 unspecified atom stereocenters. The average Bonchev–Trinajstić information content (AvgIpc) is 2.92. The summed E-state index contributed by atoms with van der Waals surface area (Å²) in [6.07, 6.45) is 2.29. The molecule has 4 N–H and O–H groups in total. The summed E-state index contributed by atoms with van der Waals surface area (Å²) in [7, 11) is 1.37. The van der Waals surface area contributed by atoms with Crippen LogP contribution in [0.2, 0.25) is 0 Å². The molecule has 7 atom stereocenters. The number of rotatable bonds is 6. The number of hydrogen-bond acceptors (Lipinski definition) is 6. The molecule has 2 aliphatic heterocycles. The molecule has 7 rings (SSSR count). The second kappa shape index (κ2) is 7.63. The summed E-state index contributed by atoms with van der Waals surface area (Å²) in [6, 6.07) is 14.3. The molecule has 7 heteroatoms. The summed E-state index contributed by atoms with van der Waals surface area (Å²) in [5, 5.41) is 20.0. The number of aliphatic hydroxyl groups is 1. The number of esters is 1. The van der Waals surface area contributed by atoms with Crippen LogP contribution < -0.4 is 16.0 Å². The van der Waals surface area contributed by atoms with Crippen LogP contribution in [0.1, 0.15) is 41.6 Å². The van der Waals surface area contributed by atoms with E-state index in [2.05, 4.69) is 47.1 Å². The molecule has 0 bridgehead atoms. The lowest BCUT2D eigenvalue weighted by Gasteiger charge is -2.95. The Bertz CT molecular complexity index is 1240. The minimum Gasteiger partial charge on any atom is -0.465 e. The molecule has 5 fully saturated rings. The van der Waals surface area contributed by atoms with Gasteiger partial charge in [0.2, 0.25) is 5.91 Å². The highest BCUT2D eigenvalue weighted by Gasteiger charge is 2.97. The van der Waals surface area contributed by atoms with Crippen LogP contribution in [0.25, 0.3) is 11.1 Å². The molecule has 2 aromatic carbocycles. The van der Waals surface area contributed by atoms with E-state index in [1.54, 1.807) is 6.07 Å². The van der Waals surface area contributed by atoms with E-state index in [1.807, 2.05) is 12.1 Å². The third-order valence-electron chi connectivity index (χ3n) is 10.5. The first-order valence-electron chi connectivity index (χ1n) is 13.2. The molecule has 0 radical (unpaired) electrons. The minimum atomic E-state index is -0.538. The lowest BCUT2D eigenvalue weighted by atomic mass is 9.14. The minimum absolute atomic E-state index is 0.0182. The van der Waals surface area contributed by atoms with Crippen molar-refractivity contribution in [3.63, 3.8) is 0 Å². The van der Waals surface area contributed by atoms with Crippen LogP contribution in [0.5, 0.6) is 0 Å². The maximum absolute atomic E-state index is 13.6. The molecule has 7 nitrogen and oxygen atoms in total. The van der Waals surface area contributed by atoms with Crippen LogP contribution in [0.15, 0.2) is 42.5 Å². The monoisotopic (exact) mass is 487 g/mol. The molecule has 36 heavy (non-hydrogen) atoms. The Morgan fingerprint density at radius 2 is 1.81 bits per heavy atom. The van der Waals surface area contributed by atoms with E-state index in [1.165, 1.54) is 12.7 Å². The molecule has 2 heterocycles. The molecule has 3 aliphatic carbocycles. The molecule has 2 saturated heterocycles. The van der Waals surface area contributed by atoms with E-state index in [9.17, 15) is 14.7 Å². The fourth-order valence-electron chi connectivity index (χ4n) is 8.70. The maximum Gasteiger partial charge on any atom is 0.337 e. The van der Waals surface area contributed by atoms with Gasteiger partial charge in [-0.05, 0) is 84.5 Å². The van der Waals surface area contributed by atoms with Gasteiger partial charge in [-0.2, -0.15) is 0 Å². The highest BCUT2D eigenvalue weighted by Crippen LogP contribution is 2.87. The Balaban J connectivity index is 1.15. The number of carbonyl (C=O) groups is 2. The van der Waals surface area contributed by atoms with E-state index in [0.29, 0.717) is 34.9 Å². The van der Waals surface area contributed by atoms with Crippen molar-refractivity contribution >= 4 is 17.6 Å². The van der Waals surface area contributed by atoms with Crippen molar-refractivity contribution in [2.45, 2.75) is 37.3 Å². The summed E-state index contributed by atoms with van der Waals surface area (Å²) < 4.78 is 5.00. The van der Waals surface area contributed by atoms with Gasteiger partial charge in [0.25, 0.3) is 0 Å². The maximum atomic E-state index is 13.6. The van der Waals surface area contributed by atoms with Crippen LogP contribution in [-0.4, -0.2) is 55.4 Å². The first kappa shape index (κ1) is 22.5. The molecule has 2 aromatic rings. The van der Waals surface area contributed by atoms with Crippen LogP contribution in [-0.2, 0) is 9.53 Å². The molecule has 188 valence electrons. The fourth-order valence-corrected chi connectivity index (χ4v) is 8.70. The SMILES string of the molecule is COC(=O)c1cc(NC(=O)C23NC4C2C2C3C(C)C42CO)cc(-c2ccc(C3CCNCC3)cc2)c1. The fraction of sp³-hybridized carbons (Fsp3) is 0.517. The van der Waals surface area contributed by atoms with E-state index < -0.39 is 11.5 Å². The highest BCUT2D eigenvalue weighted by molar-refractivity contribution is 6.04. The van der Waals surface area contributed by atoms with E-state index in [-0.39, 0.29) is 29.9 Å². The number of anilines is 1. The molecule has 0 aromatic heterocycles. The van der Waals surface area contributed by atoms with Crippen molar-refractivity contribution < 1.29 is 19.4 Å². The third-order valence-corrected chi connectivity index (χ3v) is 10.5. The molecule has 1 amide bonds. The van der Waals surface area contributed by atoms with Crippen LogP contribution in [0.3, 0.4) is 0 Å². The molecule has 3 saturated carbocycles. The number of nitrogens with one attached hydrogen (secondary N) is 3. The van der Waals surface area contributed by atoms with Gasteiger partial charge in [-0.1, -0.05) is 31.2 Å². The van der Waals surface area contributed by atoms with E-state index >= 15 is 0 Å². The Morgan fingerprint density at radius 3 is 2.42 bits per heavy atom. The normalized spacial score (nSPS) is 37.4. The Morgan fingerprint density at radius 1 is 1.06 bits per heavy atom. The van der Waals surface area contributed by atoms with Gasteiger partial charge < -0.3 is 20.5 Å². The van der Waals surface area contributed by atoms with Crippen molar-refractivity contribution in [1.29, 1.82) is 0 Å². The number of hydrogen-bond donors (Lipinski definition) is 4. The second-order valence-corrected chi connectivity index (χ2v) is 11.5. The predicted octanol–water partition coefficient (Wildman–Crippen LogP) is 2.76. The summed E-state index contributed by atoms with van der Waals surface area (Å²) in [6.45, 7) is 4.47. The molecule has 0 spiro atoms. The number of benzene rings is 2. The van der Waals surface area contributed by atoms with Gasteiger partial charge in [-0.15, -0.1) is 0 Å². The number of amides is 1. The zero-order valence-corrected chi connectivity index (χ0v) is 20.7. The number of methoxy groups -OCH3 is 1. The zero-order chi connectivity index (χ0) is 24.8. The number of carbonyl (C=O) groups excluding carboxylic acids is 2. The Hall–Kier alpha value is -2.74. The smallest absolute Gasteiger partial charge is 0.337 e. The van der Waals surface area contributed by atoms with Gasteiger partial charge in [0, 0.05) is 23.1 Å². The molecular weight excluding hydrogens is 454 g/mol. The standard InChI is InChI=1S/C29H33N3O4/c1-15-22-23-24-25(28(15,23)14-33)32-29(22,24)27(35)31-21-12-19(11-20(13-21)26(34)36-2)17-5-3-16(4-6-17)18-7-9-30-10-8-18/h3-6,11-13,15,18,22-25,30,32-33H,7-10,14H2,1-2H3,(H,31,35). The van der Waals surface area contributed by atoms with Crippen molar-refractivity contribution in [2.24, 2.45) is 29.1 Å². The second-order valence-electron chi connectivity index (χ2n) is 11.5. The van der Waals surface area contributed by atoms with Crippen molar-refractivity contribution in [2.75, 3.05) is 32.1 Å². The predicted molar refractivity (Wildman–Crippen MR) is 135 cm³/mol. The highest BCUT2D eigenvalue weighted by atomic mass is 16.5. The Labute approximate surface area is 211 Å². The largest absolute Gasteiger partial charge is 0.465 e. The number of piperidine rings is 5. The Kier molecular flexibility index (Phi) is 4.76. The van der Waals surface area contributed by atoms with Crippen LogP contribution in [0.4, 0.5) is 5.69 Å². The van der Waals surface area contributed by atoms with Crippen molar-refractivity contribution in [3.05, 3.63) is 53.6 Å².